The second-order valence-corrected chi connectivity index (χ2v) is 4.73. The molecule has 3 aromatic rings. The van der Waals surface area contributed by atoms with Crippen LogP contribution in [0.1, 0.15) is 0 Å². The Morgan fingerprint density at radius 1 is 1.14 bits per heavy atom. The molecule has 7 heteroatoms. The van der Waals surface area contributed by atoms with Crippen molar-refractivity contribution in [2.75, 3.05) is 0 Å². The summed E-state index contributed by atoms with van der Waals surface area (Å²) >= 11 is 0. The monoisotopic (exact) mass is 296 g/mol. The fraction of sp³-hybridized carbons (Fsp3) is 0.0667. The second-order valence-electron chi connectivity index (χ2n) is 4.73. The molecule has 0 aliphatic carbocycles. The maximum atomic E-state index is 10.9. The zero-order chi connectivity index (χ0) is 15.7. The summed E-state index contributed by atoms with van der Waals surface area (Å²) in [4.78, 5) is 10.4. The van der Waals surface area contributed by atoms with Gasteiger partial charge in [0.2, 0.25) is 5.88 Å². The summed E-state index contributed by atoms with van der Waals surface area (Å²) in [6.07, 6.45) is 0. The van der Waals surface area contributed by atoms with Gasteiger partial charge in [-0.15, -0.1) is 5.11 Å². The van der Waals surface area contributed by atoms with Gasteiger partial charge in [0.25, 0.3) is 5.69 Å². The van der Waals surface area contributed by atoms with Gasteiger partial charge < -0.3 is 9.67 Å². The van der Waals surface area contributed by atoms with E-state index in [0.717, 1.165) is 0 Å². The van der Waals surface area contributed by atoms with Crippen molar-refractivity contribution < 1.29 is 10.0 Å². The number of aromatic nitrogens is 1. The Kier molecular flexibility index (Phi) is 3.30. The van der Waals surface area contributed by atoms with E-state index in [4.69, 9.17) is 0 Å². The minimum absolute atomic E-state index is 0.0609. The number of hydrogen-bond donors (Lipinski definition) is 1. The molecule has 1 aromatic heterocycles. The number of aromatic hydroxyl groups is 1. The predicted molar refractivity (Wildman–Crippen MR) is 81.9 cm³/mol. The van der Waals surface area contributed by atoms with Gasteiger partial charge in [0, 0.05) is 24.6 Å². The van der Waals surface area contributed by atoms with Crippen LogP contribution in [0.5, 0.6) is 5.88 Å². The fourth-order valence-corrected chi connectivity index (χ4v) is 2.21. The first-order valence-electron chi connectivity index (χ1n) is 6.50. The third-order valence-electron chi connectivity index (χ3n) is 3.36. The van der Waals surface area contributed by atoms with Gasteiger partial charge in [0.05, 0.1) is 16.1 Å². The van der Waals surface area contributed by atoms with Crippen LogP contribution in [0.15, 0.2) is 58.8 Å². The Bertz CT molecular complexity index is 885. The molecule has 7 nitrogen and oxygen atoms in total. The normalized spacial score (nSPS) is 11.3. The smallest absolute Gasteiger partial charge is 0.270 e. The summed E-state index contributed by atoms with van der Waals surface area (Å²) in [7, 11) is 1.66. The molecule has 0 amide bonds. The van der Waals surface area contributed by atoms with Crippen LogP contribution in [-0.2, 0) is 7.05 Å². The number of benzene rings is 2. The molecule has 22 heavy (non-hydrogen) atoms. The molecule has 1 heterocycles. The van der Waals surface area contributed by atoms with Gasteiger partial charge in [0.1, 0.15) is 0 Å². The highest BCUT2D eigenvalue weighted by Crippen LogP contribution is 2.40. The third kappa shape index (κ3) is 2.28. The molecule has 3 rings (SSSR count). The van der Waals surface area contributed by atoms with E-state index in [1.54, 1.807) is 25.2 Å². The van der Waals surface area contributed by atoms with Crippen molar-refractivity contribution in [1.82, 2.24) is 4.57 Å². The molecule has 0 bridgehead atoms. The Morgan fingerprint density at radius 3 is 2.55 bits per heavy atom. The summed E-state index contributed by atoms with van der Waals surface area (Å²) in [5.74, 6) is -0.0878. The number of azo groups is 1. The van der Waals surface area contributed by atoms with E-state index < -0.39 is 4.92 Å². The lowest BCUT2D eigenvalue weighted by Gasteiger charge is -1.96. The Morgan fingerprint density at radius 2 is 1.86 bits per heavy atom. The highest BCUT2D eigenvalue weighted by Gasteiger charge is 2.17. The molecule has 1 N–H and O–H groups in total. The van der Waals surface area contributed by atoms with Crippen LogP contribution in [0.3, 0.4) is 0 Å². The Labute approximate surface area is 125 Å². The number of hydrogen-bond acceptors (Lipinski definition) is 5. The molecule has 0 aliphatic rings. The summed E-state index contributed by atoms with van der Waals surface area (Å²) in [6.45, 7) is 0. The van der Waals surface area contributed by atoms with Crippen LogP contribution in [0, 0.1) is 10.1 Å². The molecule has 2 aromatic carbocycles. The molecule has 0 fully saturated rings. The van der Waals surface area contributed by atoms with E-state index in [9.17, 15) is 15.2 Å². The average molecular weight is 296 g/mol. The van der Waals surface area contributed by atoms with Crippen LogP contribution < -0.4 is 0 Å². The van der Waals surface area contributed by atoms with E-state index >= 15 is 0 Å². The molecule has 0 radical (unpaired) electrons. The quantitative estimate of drug-likeness (QED) is 0.445. The number of rotatable bonds is 3. The Balaban J connectivity index is 2.15. The minimum atomic E-state index is -0.485. The zero-order valence-electron chi connectivity index (χ0n) is 11.7. The lowest BCUT2D eigenvalue weighted by Crippen LogP contribution is -1.88. The van der Waals surface area contributed by atoms with Gasteiger partial charge in [0.15, 0.2) is 5.69 Å². The van der Waals surface area contributed by atoms with Crippen LogP contribution in [-0.4, -0.2) is 14.6 Å². The minimum Gasteiger partial charge on any atom is -0.493 e. The molecule has 110 valence electrons. The van der Waals surface area contributed by atoms with Gasteiger partial charge in [-0.2, -0.15) is 5.11 Å². The standard InChI is InChI=1S/C15H12N4O3/c1-18-13-8-7-11(19(21)22)9-12(13)14(15(18)20)17-16-10-5-3-2-4-6-10/h2-9,20H,1H3. The van der Waals surface area contributed by atoms with Crippen molar-refractivity contribution in [3.63, 3.8) is 0 Å². The van der Waals surface area contributed by atoms with E-state index in [2.05, 4.69) is 10.2 Å². The molecule has 0 saturated heterocycles. The summed E-state index contributed by atoms with van der Waals surface area (Å²) < 4.78 is 1.51. The van der Waals surface area contributed by atoms with E-state index in [1.165, 1.54) is 16.7 Å². The summed E-state index contributed by atoms with van der Waals surface area (Å²) in [5.41, 5.74) is 1.42. The van der Waals surface area contributed by atoms with Crippen LogP contribution in [0.4, 0.5) is 17.1 Å². The zero-order valence-corrected chi connectivity index (χ0v) is 11.7. The average Bonchev–Trinajstić information content (AvgIpc) is 2.77. The first-order valence-corrected chi connectivity index (χ1v) is 6.50. The predicted octanol–water partition coefficient (Wildman–Crippen LogP) is 4.21. The second kappa shape index (κ2) is 5.28. The van der Waals surface area contributed by atoms with E-state index in [0.29, 0.717) is 16.6 Å². The molecule has 0 unspecified atom stereocenters. The highest BCUT2D eigenvalue weighted by atomic mass is 16.6. The van der Waals surface area contributed by atoms with Crippen molar-refractivity contribution in [3.8, 4) is 5.88 Å². The van der Waals surface area contributed by atoms with Crippen molar-refractivity contribution in [2.24, 2.45) is 17.3 Å². The van der Waals surface area contributed by atoms with Crippen molar-refractivity contribution in [2.45, 2.75) is 0 Å². The van der Waals surface area contributed by atoms with Crippen LogP contribution in [0.25, 0.3) is 10.9 Å². The highest BCUT2D eigenvalue weighted by molar-refractivity contribution is 5.96. The van der Waals surface area contributed by atoms with Crippen molar-refractivity contribution >= 4 is 28.0 Å². The summed E-state index contributed by atoms with van der Waals surface area (Å²) in [5, 5.41) is 29.7. The first kappa shape index (κ1) is 13.7. The molecule has 0 spiro atoms. The lowest BCUT2D eigenvalue weighted by atomic mass is 10.2. The van der Waals surface area contributed by atoms with Crippen molar-refractivity contribution in [1.29, 1.82) is 0 Å². The number of non-ortho nitro benzene ring substituents is 1. The molecule has 0 aliphatic heterocycles. The van der Waals surface area contributed by atoms with Gasteiger partial charge in [-0.3, -0.25) is 10.1 Å². The van der Waals surface area contributed by atoms with E-state index in [-0.39, 0.29) is 17.3 Å². The maximum absolute atomic E-state index is 10.9. The molecule has 0 atom stereocenters. The number of nitro groups is 1. The Hall–Kier alpha value is -3.22. The number of aryl methyl sites for hydroxylation is 1. The van der Waals surface area contributed by atoms with Gasteiger partial charge in [-0.05, 0) is 18.2 Å². The number of nitro benzene ring substituents is 1. The SMILES string of the molecule is Cn1c(O)c(N=Nc2ccccc2)c2cc([N+](=O)[O-])ccc21. The van der Waals surface area contributed by atoms with Crippen LogP contribution in [0.2, 0.25) is 0 Å². The largest absolute Gasteiger partial charge is 0.493 e. The van der Waals surface area contributed by atoms with Crippen molar-refractivity contribution in [3.05, 3.63) is 58.6 Å². The third-order valence-corrected chi connectivity index (χ3v) is 3.36. The van der Waals surface area contributed by atoms with Crippen LogP contribution >= 0.6 is 0 Å². The van der Waals surface area contributed by atoms with Gasteiger partial charge >= 0.3 is 0 Å². The molecular formula is C15H12N4O3. The van der Waals surface area contributed by atoms with E-state index in [1.807, 2.05) is 18.2 Å². The molecule has 0 saturated carbocycles. The fourth-order valence-electron chi connectivity index (χ4n) is 2.21. The van der Waals surface area contributed by atoms with Gasteiger partial charge in [-0.1, -0.05) is 18.2 Å². The lowest BCUT2D eigenvalue weighted by molar-refractivity contribution is -0.384. The number of nitrogens with zero attached hydrogens (tertiary/aromatic N) is 4. The number of fused-ring (bicyclic) bond motifs is 1. The maximum Gasteiger partial charge on any atom is 0.270 e. The summed E-state index contributed by atoms with van der Waals surface area (Å²) in [6, 6.07) is 13.4. The van der Waals surface area contributed by atoms with Gasteiger partial charge in [-0.25, -0.2) is 0 Å². The topological polar surface area (TPSA) is 93.0 Å². The molecular weight excluding hydrogens is 284 g/mol. The first-order chi connectivity index (χ1) is 10.6.